The third kappa shape index (κ3) is 2.97. The zero-order chi connectivity index (χ0) is 16.4. The quantitative estimate of drug-likeness (QED) is 0.758. The predicted molar refractivity (Wildman–Crippen MR) is 80.1 cm³/mol. The van der Waals surface area contributed by atoms with Crippen LogP contribution in [0.1, 0.15) is 32.4 Å². The van der Waals surface area contributed by atoms with E-state index in [9.17, 15) is 9.90 Å². The van der Waals surface area contributed by atoms with Crippen LogP contribution in [0.4, 0.5) is 5.82 Å². The van der Waals surface area contributed by atoms with Gasteiger partial charge in [-0.2, -0.15) is 0 Å². The number of fused-ring (bicyclic) bond motifs is 1. The molecule has 1 aliphatic rings. The molecule has 0 saturated carbocycles. The predicted octanol–water partition coefficient (Wildman–Crippen LogP) is 0.400. The van der Waals surface area contributed by atoms with Gasteiger partial charge in [0.05, 0.1) is 12.9 Å². The molecule has 9 heteroatoms. The molecule has 0 unspecified atom stereocenters. The molecule has 23 heavy (non-hydrogen) atoms. The number of aliphatic hydroxyl groups excluding tert-OH is 1. The lowest BCUT2D eigenvalue weighted by Gasteiger charge is -2.16. The minimum absolute atomic E-state index is 0.232. The lowest BCUT2D eigenvalue weighted by molar-refractivity contribution is -0.153. The summed E-state index contributed by atoms with van der Waals surface area (Å²) in [6.07, 6.45) is 2.87. The van der Waals surface area contributed by atoms with Gasteiger partial charge in [0.1, 0.15) is 30.3 Å². The van der Waals surface area contributed by atoms with E-state index in [1.807, 2.05) is 6.92 Å². The Balaban J connectivity index is 1.81. The molecule has 2 aromatic heterocycles. The van der Waals surface area contributed by atoms with E-state index in [4.69, 9.17) is 15.2 Å². The molecule has 0 bridgehead atoms. The second-order valence-corrected chi connectivity index (χ2v) is 5.41. The maximum absolute atomic E-state index is 11.7. The van der Waals surface area contributed by atoms with E-state index in [1.165, 1.54) is 6.33 Å². The molecule has 0 amide bonds. The highest BCUT2D eigenvalue weighted by atomic mass is 16.6. The molecule has 0 aliphatic carbocycles. The Kier molecular flexibility index (Phi) is 4.39. The molecule has 0 spiro atoms. The molecule has 0 aromatic carbocycles. The van der Waals surface area contributed by atoms with Crippen molar-refractivity contribution < 1.29 is 19.4 Å². The molecule has 3 N–H and O–H groups in total. The molecule has 124 valence electrons. The number of hydrogen-bond acceptors (Lipinski definition) is 8. The number of aromatic nitrogens is 4. The molecule has 1 aliphatic heterocycles. The van der Waals surface area contributed by atoms with Gasteiger partial charge in [-0.15, -0.1) is 0 Å². The number of carbonyl (C=O) groups is 1. The van der Waals surface area contributed by atoms with E-state index >= 15 is 0 Å². The van der Waals surface area contributed by atoms with Crippen LogP contribution in [0.15, 0.2) is 12.7 Å². The van der Waals surface area contributed by atoms with E-state index in [1.54, 1.807) is 10.9 Å². The molecular weight excluding hydrogens is 302 g/mol. The molecule has 3 rings (SSSR count). The molecule has 1 fully saturated rings. The minimum Gasteiger partial charge on any atom is -0.459 e. The Morgan fingerprint density at radius 2 is 2.35 bits per heavy atom. The van der Waals surface area contributed by atoms with Crippen LogP contribution in [-0.2, 0) is 14.3 Å². The highest BCUT2D eigenvalue weighted by molar-refractivity contribution is 5.81. The average molecular weight is 321 g/mol. The van der Waals surface area contributed by atoms with Gasteiger partial charge in [0.2, 0.25) is 0 Å². The molecule has 9 nitrogen and oxygen atoms in total. The maximum Gasteiger partial charge on any atom is 0.306 e. The Bertz CT molecular complexity index is 704. The third-order valence-electron chi connectivity index (χ3n) is 3.79. The van der Waals surface area contributed by atoms with Crippen molar-refractivity contribution in [3.63, 3.8) is 0 Å². The smallest absolute Gasteiger partial charge is 0.306 e. The monoisotopic (exact) mass is 321 g/mol. The number of nitrogen functional groups attached to an aromatic ring is 1. The summed E-state index contributed by atoms with van der Waals surface area (Å²) in [5, 5.41) is 9.47. The largest absolute Gasteiger partial charge is 0.459 e. The average Bonchev–Trinajstić information content (AvgIpc) is 3.12. The van der Waals surface area contributed by atoms with Crippen LogP contribution in [0.2, 0.25) is 0 Å². The number of aliphatic hydroxyl groups is 1. The maximum atomic E-state index is 11.7. The van der Waals surface area contributed by atoms with Crippen molar-refractivity contribution in [1.29, 1.82) is 0 Å². The molecular formula is C14H19N5O4. The number of imidazole rings is 1. The zero-order valence-electron chi connectivity index (χ0n) is 12.8. The lowest BCUT2D eigenvalue weighted by Crippen LogP contribution is -2.29. The number of nitrogens with two attached hydrogens (primary N) is 1. The molecule has 3 atom stereocenters. The SMILES string of the molecule is CCCC(=O)O[C@H]1C[C@H](n2cnc3c(N)ncnc32)O[C@@H]1CO. The van der Waals surface area contributed by atoms with Crippen molar-refractivity contribution in [1.82, 2.24) is 19.5 Å². The summed E-state index contributed by atoms with van der Waals surface area (Å²) in [5.41, 5.74) is 6.80. The van der Waals surface area contributed by atoms with Gasteiger partial charge in [-0.25, -0.2) is 15.0 Å². The minimum atomic E-state index is -0.572. The molecule has 2 aromatic rings. The summed E-state index contributed by atoms with van der Waals surface area (Å²) in [5.74, 6) is -0.00126. The third-order valence-corrected chi connectivity index (χ3v) is 3.79. The molecule has 0 radical (unpaired) electrons. The van der Waals surface area contributed by atoms with Gasteiger partial charge in [0.25, 0.3) is 0 Å². The van der Waals surface area contributed by atoms with Crippen molar-refractivity contribution in [2.24, 2.45) is 0 Å². The molecule has 3 heterocycles. The van der Waals surface area contributed by atoms with E-state index in [0.29, 0.717) is 30.4 Å². The summed E-state index contributed by atoms with van der Waals surface area (Å²) in [6.45, 7) is 1.67. The van der Waals surface area contributed by atoms with Crippen LogP contribution in [0.3, 0.4) is 0 Å². The number of anilines is 1. The van der Waals surface area contributed by atoms with Crippen molar-refractivity contribution in [3.8, 4) is 0 Å². The van der Waals surface area contributed by atoms with E-state index in [-0.39, 0.29) is 18.4 Å². The first-order chi connectivity index (χ1) is 11.1. The number of rotatable bonds is 5. The van der Waals surface area contributed by atoms with Crippen molar-refractivity contribution in [3.05, 3.63) is 12.7 Å². The Hall–Kier alpha value is -2.26. The number of esters is 1. The Morgan fingerprint density at radius 3 is 3.09 bits per heavy atom. The number of hydrogen-bond donors (Lipinski definition) is 2. The van der Waals surface area contributed by atoms with Gasteiger partial charge in [-0.05, 0) is 6.42 Å². The van der Waals surface area contributed by atoms with Gasteiger partial charge in [-0.1, -0.05) is 6.92 Å². The summed E-state index contributed by atoms with van der Waals surface area (Å²) >= 11 is 0. The lowest BCUT2D eigenvalue weighted by atomic mass is 10.2. The number of carbonyl (C=O) groups excluding carboxylic acids is 1. The van der Waals surface area contributed by atoms with Gasteiger partial charge >= 0.3 is 5.97 Å². The zero-order valence-corrected chi connectivity index (χ0v) is 12.8. The topological polar surface area (TPSA) is 125 Å². The van der Waals surface area contributed by atoms with Crippen molar-refractivity contribution >= 4 is 23.0 Å². The highest BCUT2D eigenvalue weighted by Gasteiger charge is 2.39. The van der Waals surface area contributed by atoms with E-state index < -0.39 is 18.4 Å². The van der Waals surface area contributed by atoms with Crippen molar-refractivity contribution in [2.45, 2.75) is 44.6 Å². The fourth-order valence-electron chi connectivity index (χ4n) is 2.67. The first-order valence-electron chi connectivity index (χ1n) is 7.52. The fourth-order valence-corrected chi connectivity index (χ4v) is 2.67. The Labute approximate surface area is 132 Å². The van der Waals surface area contributed by atoms with Crippen molar-refractivity contribution in [2.75, 3.05) is 12.3 Å². The second kappa shape index (κ2) is 6.47. The first-order valence-corrected chi connectivity index (χ1v) is 7.52. The number of nitrogens with zero attached hydrogens (tertiary/aromatic N) is 4. The standard InChI is InChI=1S/C14H19N5O4/c1-2-3-11(21)23-8-4-10(22-9(8)5-20)19-7-18-12-13(15)16-6-17-14(12)19/h6-10,20H,2-5H2,1H3,(H2,15,16,17)/t8-,9+,10+/m0/s1. The second-order valence-electron chi connectivity index (χ2n) is 5.41. The van der Waals surface area contributed by atoms with Crippen LogP contribution in [0.5, 0.6) is 0 Å². The van der Waals surface area contributed by atoms with Gasteiger partial charge in [0.15, 0.2) is 11.5 Å². The highest BCUT2D eigenvalue weighted by Crippen LogP contribution is 2.33. The van der Waals surface area contributed by atoms with Gasteiger partial charge in [0, 0.05) is 12.8 Å². The number of ether oxygens (including phenoxy) is 2. The van der Waals surface area contributed by atoms with E-state index in [0.717, 1.165) is 0 Å². The normalized spacial score (nSPS) is 24.2. The molecule has 1 saturated heterocycles. The van der Waals surface area contributed by atoms with E-state index in [2.05, 4.69) is 15.0 Å². The fraction of sp³-hybridized carbons (Fsp3) is 0.571. The van der Waals surface area contributed by atoms with Crippen LogP contribution in [0, 0.1) is 0 Å². The van der Waals surface area contributed by atoms with Crippen LogP contribution >= 0.6 is 0 Å². The van der Waals surface area contributed by atoms with Gasteiger partial charge < -0.3 is 20.3 Å². The summed E-state index contributed by atoms with van der Waals surface area (Å²) in [4.78, 5) is 24.0. The van der Waals surface area contributed by atoms with Crippen LogP contribution in [0.25, 0.3) is 11.2 Å². The van der Waals surface area contributed by atoms with Crippen LogP contribution < -0.4 is 5.73 Å². The summed E-state index contributed by atoms with van der Waals surface area (Å²) in [7, 11) is 0. The Morgan fingerprint density at radius 1 is 1.52 bits per heavy atom. The summed E-state index contributed by atoms with van der Waals surface area (Å²) < 4.78 is 12.9. The van der Waals surface area contributed by atoms with Gasteiger partial charge in [-0.3, -0.25) is 9.36 Å². The van der Waals surface area contributed by atoms with Crippen LogP contribution in [-0.4, -0.2) is 49.4 Å². The first kappa shape index (κ1) is 15.6. The summed E-state index contributed by atoms with van der Waals surface area (Å²) in [6, 6.07) is 0.